The molecule has 1 aromatic carbocycles. The van der Waals surface area contributed by atoms with Gasteiger partial charge in [0.05, 0.1) is 11.7 Å². The van der Waals surface area contributed by atoms with E-state index in [0.29, 0.717) is 18.7 Å². The average Bonchev–Trinajstić information content (AvgIpc) is 2.49. The smallest absolute Gasteiger partial charge is 0.173 e. The monoisotopic (exact) mass is 295 g/mol. The third-order valence-electron chi connectivity index (χ3n) is 3.72. The molecule has 0 aromatic heterocycles. The lowest BCUT2D eigenvalue weighted by Crippen LogP contribution is -2.39. The minimum atomic E-state index is -0.425. The number of amidine groups is 1. The van der Waals surface area contributed by atoms with E-state index in [1.165, 1.54) is 6.07 Å². The third-order valence-corrected chi connectivity index (χ3v) is 3.72. The van der Waals surface area contributed by atoms with Crippen LogP contribution in [-0.4, -0.2) is 41.7 Å². The molecule has 0 saturated carbocycles. The molecular formula is C15H22FN3O2. The molecule has 6 heteroatoms. The third kappa shape index (κ3) is 3.92. The molecule has 1 saturated heterocycles. The first-order valence-electron chi connectivity index (χ1n) is 7.25. The molecular weight excluding hydrogens is 273 g/mol. The van der Waals surface area contributed by atoms with Gasteiger partial charge >= 0.3 is 0 Å². The Kier molecular flexibility index (Phi) is 5.52. The summed E-state index contributed by atoms with van der Waals surface area (Å²) < 4.78 is 20.0. The average molecular weight is 295 g/mol. The van der Waals surface area contributed by atoms with E-state index in [0.717, 1.165) is 25.9 Å². The highest BCUT2D eigenvalue weighted by Gasteiger charge is 2.21. The van der Waals surface area contributed by atoms with E-state index in [4.69, 9.17) is 15.7 Å². The van der Waals surface area contributed by atoms with Gasteiger partial charge in [-0.25, -0.2) is 4.39 Å². The van der Waals surface area contributed by atoms with Gasteiger partial charge in [-0.15, -0.1) is 0 Å². The molecule has 0 bridgehead atoms. The predicted molar refractivity (Wildman–Crippen MR) is 78.8 cm³/mol. The van der Waals surface area contributed by atoms with Crippen molar-refractivity contribution in [2.75, 3.05) is 19.7 Å². The molecule has 0 spiro atoms. The van der Waals surface area contributed by atoms with Gasteiger partial charge in [0, 0.05) is 25.3 Å². The molecule has 1 fully saturated rings. The van der Waals surface area contributed by atoms with Crippen molar-refractivity contribution in [1.29, 1.82) is 0 Å². The molecule has 1 aliphatic rings. The number of nitrogens with two attached hydrogens (primary N) is 1. The van der Waals surface area contributed by atoms with Crippen molar-refractivity contribution in [3.05, 3.63) is 35.1 Å². The highest BCUT2D eigenvalue weighted by Crippen LogP contribution is 2.19. The Labute approximate surface area is 124 Å². The van der Waals surface area contributed by atoms with Crippen LogP contribution < -0.4 is 5.73 Å². The predicted octanol–water partition coefficient (Wildman–Crippen LogP) is 1.92. The van der Waals surface area contributed by atoms with Gasteiger partial charge in [0.2, 0.25) is 0 Å². The van der Waals surface area contributed by atoms with E-state index in [9.17, 15) is 4.39 Å². The van der Waals surface area contributed by atoms with E-state index in [1.807, 2.05) is 6.92 Å². The fourth-order valence-corrected chi connectivity index (χ4v) is 2.72. The minimum Gasteiger partial charge on any atom is -0.409 e. The van der Waals surface area contributed by atoms with Crippen LogP contribution in [0.1, 0.15) is 30.9 Å². The second kappa shape index (κ2) is 7.38. The number of piperidine rings is 1. The SMILES string of the molecule is CCOC1CCCN(Cc2cccc(/C(N)=N/O)c2F)C1. The van der Waals surface area contributed by atoms with Gasteiger partial charge in [-0.1, -0.05) is 17.3 Å². The van der Waals surface area contributed by atoms with Crippen LogP contribution >= 0.6 is 0 Å². The largest absolute Gasteiger partial charge is 0.409 e. The summed E-state index contributed by atoms with van der Waals surface area (Å²) in [5.74, 6) is -0.633. The first-order valence-corrected chi connectivity index (χ1v) is 7.25. The van der Waals surface area contributed by atoms with Gasteiger partial charge in [-0.05, 0) is 32.4 Å². The summed E-state index contributed by atoms with van der Waals surface area (Å²) in [5, 5.41) is 11.6. The summed E-state index contributed by atoms with van der Waals surface area (Å²) in [4.78, 5) is 2.18. The van der Waals surface area contributed by atoms with Crippen molar-refractivity contribution in [2.24, 2.45) is 10.9 Å². The van der Waals surface area contributed by atoms with Crippen LogP contribution in [0.3, 0.4) is 0 Å². The summed E-state index contributed by atoms with van der Waals surface area (Å²) in [6.45, 7) is 4.92. The zero-order valence-electron chi connectivity index (χ0n) is 12.3. The van der Waals surface area contributed by atoms with E-state index in [1.54, 1.807) is 12.1 Å². The van der Waals surface area contributed by atoms with Crippen LogP contribution in [0.4, 0.5) is 4.39 Å². The van der Waals surface area contributed by atoms with Gasteiger partial charge in [-0.2, -0.15) is 0 Å². The Hall–Kier alpha value is -1.66. The number of rotatable bonds is 5. The van der Waals surface area contributed by atoms with E-state index < -0.39 is 5.82 Å². The van der Waals surface area contributed by atoms with Crippen molar-refractivity contribution in [3.63, 3.8) is 0 Å². The molecule has 1 aliphatic heterocycles. The van der Waals surface area contributed by atoms with Crippen molar-refractivity contribution in [1.82, 2.24) is 4.90 Å². The molecule has 3 N–H and O–H groups in total. The summed E-state index contributed by atoms with van der Waals surface area (Å²) in [6.07, 6.45) is 2.32. The van der Waals surface area contributed by atoms with Crippen molar-refractivity contribution in [3.8, 4) is 0 Å². The number of ether oxygens (including phenoxy) is 1. The van der Waals surface area contributed by atoms with E-state index >= 15 is 0 Å². The number of likely N-dealkylation sites (tertiary alicyclic amines) is 1. The fraction of sp³-hybridized carbons (Fsp3) is 0.533. The quantitative estimate of drug-likeness (QED) is 0.377. The zero-order chi connectivity index (χ0) is 15.2. The molecule has 116 valence electrons. The van der Waals surface area contributed by atoms with Crippen LogP contribution in [0.15, 0.2) is 23.4 Å². The number of halogens is 1. The molecule has 0 aliphatic carbocycles. The van der Waals surface area contributed by atoms with Crippen molar-refractivity contribution < 1.29 is 14.3 Å². The Morgan fingerprint density at radius 3 is 3.10 bits per heavy atom. The van der Waals surface area contributed by atoms with Crippen LogP contribution in [0.2, 0.25) is 0 Å². The van der Waals surface area contributed by atoms with Gasteiger partial charge in [-0.3, -0.25) is 4.90 Å². The van der Waals surface area contributed by atoms with Gasteiger partial charge in [0.25, 0.3) is 0 Å². The Balaban J connectivity index is 2.09. The topological polar surface area (TPSA) is 71.1 Å². The summed E-state index contributed by atoms with van der Waals surface area (Å²) >= 11 is 0. The zero-order valence-corrected chi connectivity index (χ0v) is 12.3. The lowest BCUT2D eigenvalue weighted by Gasteiger charge is -2.32. The highest BCUT2D eigenvalue weighted by molar-refractivity contribution is 5.97. The van der Waals surface area contributed by atoms with Crippen LogP contribution in [0.5, 0.6) is 0 Å². The molecule has 1 atom stereocenters. The van der Waals surface area contributed by atoms with Gasteiger partial charge in [0.15, 0.2) is 5.84 Å². The van der Waals surface area contributed by atoms with Crippen LogP contribution in [-0.2, 0) is 11.3 Å². The molecule has 0 radical (unpaired) electrons. The normalized spacial score (nSPS) is 20.7. The van der Waals surface area contributed by atoms with Crippen LogP contribution in [0.25, 0.3) is 0 Å². The molecule has 1 heterocycles. The van der Waals surface area contributed by atoms with Crippen molar-refractivity contribution in [2.45, 2.75) is 32.4 Å². The lowest BCUT2D eigenvalue weighted by molar-refractivity contribution is 0.00336. The molecule has 1 unspecified atom stereocenters. The summed E-state index contributed by atoms with van der Waals surface area (Å²) in [7, 11) is 0. The van der Waals surface area contributed by atoms with E-state index in [2.05, 4.69) is 10.1 Å². The fourth-order valence-electron chi connectivity index (χ4n) is 2.72. The maximum Gasteiger partial charge on any atom is 0.173 e. The van der Waals surface area contributed by atoms with E-state index in [-0.39, 0.29) is 17.5 Å². The van der Waals surface area contributed by atoms with Crippen LogP contribution in [0, 0.1) is 5.82 Å². The number of hydrogen-bond donors (Lipinski definition) is 2. The maximum atomic E-state index is 14.4. The first-order chi connectivity index (χ1) is 10.2. The number of benzene rings is 1. The molecule has 0 amide bonds. The Morgan fingerprint density at radius 2 is 2.38 bits per heavy atom. The lowest BCUT2D eigenvalue weighted by atomic mass is 10.0. The minimum absolute atomic E-state index is 0.133. The van der Waals surface area contributed by atoms with Gasteiger partial charge in [0.1, 0.15) is 5.82 Å². The number of oxime groups is 1. The highest BCUT2D eigenvalue weighted by atomic mass is 19.1. The Morgan fingerprint density at radius 1 is 1.57 bits per heavy atom. The summed E-state index contributed by atoms with van der Waals surface area (Å²) in [6, 6.07) is 4.95. The van der Waals surface area contributed by atoms with Gasteiger partial charge < -0.3 is 15.7 Å². The Bertz CT molecular complexity index is 506. The number of nitrogens with zero attached hydrogens (tertiary/aromatic N) is 2. The second-order valence-electron chi connectivity index (χ2n) is 5.22. The molecule has 21 heavy (non-hydrogen) atoms. The first kappa shape index (κ1) is 15.7. The molecule has 1 aromatic rings. The molecule has 5 nitrogen and oxygen atoms in total. The second-order valence-corrected chi connectivity index (χ2v) is 5.22. The maximum absolute atomic E-state index is 14.4. The standard InChI is InChI=1S/C15H22FN3O2/c1-2-21-12-6-4-8-19(10-12)9-11-5-3-7-13(14(11)16)15(17)18-20/h3,5,7,12,20H,2,4,6,8-10H2,1H3,(H2,17,18). The molecule has 2 rings (SSSR count). The number of hydrogen-bond acceptors (Lipinski definition) is 4. The summed E-state index contributed by atoms with van der Waals surface area (Å²) in [5.41, 5.74) is 6.17. The van der Waals surface area contributed by atoms with Crippen molar-refractivity contribution >= 4 is 5.84 Å².